The van der Waals surface area contributed by atoms with E-state index in [1.807, 2.05) is 32.2 Å². The molecule has 0 bridgehead atoms. The minimum absolute atomic E-state index is 0.0126. The second-order valence-electron chi connectivity index (χ2n) is 3.98. The second kappa shape index (κ2) is 4.72. The number of ketones is 1. The summed E-state index contributed by atoms with van der Waals surface area (Å²) in [5.74, 6) is 0.0126. The molecule has 0 spiro atoms. The molecule has 2 aromatic rings. The van der Waals surface area contributed by atoms with Gasteiger partial charge >= 0.3 is 0 Å². The van der Waals surface area contributed by atoms with Crippen molar-refractivity contribution in [1.29, 1.82) is 0 Å². The largest absolute Gasteiger partial charge is 0.294 e. The molecule has 0 atom stereocenters. The van der Waals surface area contributed by atoms with E-state index in [-0.39, 0.29) is 5.78 Å². The van der Waals surface area contributed by atoms with Gasteiger partial charge in [-0.25, -0.2) is 0 Å². The lowest BCUT2D eigenvalue weighted by molar-refractivity contribution is 0.0991. The first-order valence-corrected chi connectivity index (χ1v) is 5.73. The molecule has 0 fully saturated rings. The predicted octanol–water partition coefficient (Wildman–Crippen LogP) is 2.81. The van der Waals surface area contributed by atoms with Crippen LogP contribution in [0.15, 0.2) is 30.3 Å². The van der Waals surface area contributed by atoms with Gasteiger partial charge in [0.1, 0.15) is 0 Å². The Morgan fingerprint density at radius 1 is 1.41 bits per heavy atom. The molecule has 1 aromatic heterocycles. The molecule has 0 saturated carbocycles. The average Bonchev–Trinajstić information content (AvgIpc) is 2.58. The van der Waals surface area contributed by atoms with E-state index in [0.29, 0.717) is 17.0 Å². The third-order valence-corrected chi connectivity index (χ3v) is 2.94. The molecule has 0 aliphatic heterocycles. The number of Topliss-reactive ketones (excluding diaryl/α,β-unsaturated/α-hetero) is 1. The molecule has 0 saturated heterocycles. The second-order valence-corrected chi connectivity index (χ2v) is 4.39. The van der Waals surface area contributed by atoms with Gasteiger partial charge in [0, 0.05) is 18.3 Å². The normalized spacial score (nSPS) is 10.5. The predicted molar refractivity (Wildman–Crippen MR) is 67.4 cm³/mol. The number of carbonyl (C=O) groups is 1. The van der Waals surface area contributed by atoms with E-state index >= 15 is 0 Å². The van der Waals surface area contributed by atoms with Crippen molar-refractivity contribution >= 4 is 17.4 Å². The highest BCUT2D eigenvalue weighted by Crippen LogP contribution is 2.17. The highest BCUT2D eigenvalue weighted by atomic mass is 35.5. The van der Waals surface area contributed by atoms with Gasteiger partial charge in [-0.1, -0.05) is 23.7 Å². The zero-order chi connectivity index (χ0) is 12.4. The SMILES string of the molecule is Cc1cc(CC(=O)c2ccccc2Cl)n(C)n1. The van der Waals surface area contributed by atoms with Gasteiger partial charge in [0.05, 0.1) is 17.1 Å². The summed E-state index contributed by atoms with van der Waals surface area (Å²) in [7, 11) is 1.84. The zero-order valence-corrected chi connectivity index (χ0v) is 10.5. The van der Waals surface area contributed by atoms with E-state index in [4.69, 9.17) is 11.6 Å². The number of halogens is 1. The topological polar surface area (TPSA) is 34.9 Å². The molecule has 1 heterocycles. The number of hydrogen-bond acceptors (Lipinski definition) is 2. The highest BCUT2D eigenvalue weighted by molar-refractivity contribution is 6.34. The molecule has 17 heavy (non-hydrogen) atoms. The van der Waals surface area contributed by atoms with Gasteiger partial charge in [-0.2, -0.15) is 5.10 Å². The third kappa shape index (κ3) is 2.56. The maximum Gasteiger partial charge on any atom is 0.170 e. The molecule has 0 aliphatic rings. The molecule has 88 valence electrons. The van der Waals surface area contributed by atoms with Gasteiger partial charge in [-0.05, 0) is 25.1 Å². The van der Waals surface area contributed by atoms with Gasteiger partial charge in [-0.3, -0.25) is 9.48 Å². The maximum absolute atomic E-state index is 12.1. The van der Waals surface area contributed by atoms with Crippen LogP contribution in [-0.2, 0) is 13.5 Å². The smallest absolute Gasteiger partial charge is 0.170 e. The molecule has 0 unspecified atom stereocenters. The number of hydrogen-bond donors (Lipinski definition) is 0. The van der Waals surface area contributed by atoms with E-state index in [0.717, 1.165) is 11.4 Å². The number of aryl methyl sites for hydroxylation is 2. The Labute approximate surface area is 105 Å². The van der Waals surface area contributed by atoms with Gasteiger partial charge < -0.3 is 0 Å². The van der Waals surface area contributed by atoms with E-state index in [1.165, 1.54) is 0 Å². The Morgan fingerprint density at radius 3 is 2.71 bits per heavy atom. The molecular formula is C13H13ClN2O. The Kier molecular flexibility index (Phi) is 3.29. The maximum atomic E-state index is 12.1. The lowest BCUT2D eigenvalue weighted by atomic mass is 10.1. The van der Waals surface area contributed by atoms with Gasteiger partial charge in [-0.15, -0.1) is 0 Å². The molecule has 0 amide bonds. The van der Waals surface area contributed by atoms with E-state index < -0.39 is 0 Å². The summed E-state index contributed by atoms with van der Waals surface area (Å²) >= 11 is 5.99. The molecule has 0 N–H and O–H groups in total. The zero-order valence-electron chi connectivity index (χ0n) is 9.77. The van der Waals surface area contributed by atoms with Crippen LogP contribution in [-0.4, -0.2) is 15.6 Å². The first-order chi connectivity index (χ1) is 8.08. The van der Waals surface area contributed by atoms with Crippen LogP contribution >= 0.6 is 11.6 Å². The Balaban J connectivity index is 2.23. The minimum Gasteiger partial charge on any atom is -0.294 e. The first-order valence-electron chi connectivity index (χ1n) is 5.35. The molecule has 3 nitrogen and oxygen atoms in total. The lowest BCUT2D eigenvalue weighted by Crippen LogP contribution is -2.08. The summed E-state index contributed by atoms with van der Waals surface area (Å²) in [6.45, 7) is 1.91. The van der Waals surface area contributed by atoms with Crippen molar-refractivity contribution in [3.8, 4) is 0 Å². The fraction of sp³-hybridized carbons (Fsp3) is 0.231. The number of aromatic nitrogens is 2. The fourth-order valence-electron chi connectivity index (χ4n) is 1.78. The van der Waals surface area contributed by atoms with Crippen LogP contribution in [0.3, 0.4) is 0 Å². The van der Waals surface area contributed by atoms with Crippen LogP contribution < -0.4 is 0 Å². The molecule has 0 aliphatic carbocycles. The Morgan fingerprint density at radius 2 is 2.12 bits per heavy atom. The van der Waals surface area contributed by atoms with Crippen LogP contribution in [0.1, 0.15) is 21.7 Å². The van der Waals surface area contributed by atoms with Gasteiger partial charge in [0.15, 0.2) is 5.78 Å². The molecular weight excluding hydrogens is 236 g/mol. The number of benzene rings is 1. The van der Waals surface area contributed by atoms with E-state index in [9.17, 15) is 4.79 Å². The molecule has 2 rings (SSSR count). The molecule has 1 aromatic carbocycles. The first kappa shape index (κ1) is 11.9. The van der Waals surface area contributed by atoms with Gasteiger partial charge in [0.25, 0.3) is 0 Å². The number of nitrogens with zero attached hydrogens (tertiary/aromatic N) is 2. The Hall–Kier alpha value is -1.61. The number of carbonyl (C=O) groups excluding carboxylic acids is 1. The van der Waals surface area contributed by atoms with Crippen LogP contribution in [0.2, 0.25) is 5.02 Å². The average molecular weight is 249 g/mol. The molecule has 0 radical (unpaired) electrons. The van der Waals surface area contributed by atoms with Crippen molar-refractivity contribution in [3.05, 3.63) is 52.3 Å². The molecule has 4 heteroatoms. The minimum atomic E-state index is 0.0126. The summed E-state index contributed by atoms with van der Waals surface area (Å²) in [4.78, 5) is 12.1. The third-order valence-electron chi connectivity index (χ3n) is 2.61. The van der Waals surface area contributed by atoms with Crippen LogP contribution in [0.25, 0.3) is 0 Å². The lowest BCUT2D eigenvalue weighted by Gasteiger charge is -2.03. The number of rotatable bonds is 3. The van der Waals surface area contributed by atoms with E-state index in [2.05, 4.69) is 5.10 Å². The monoisotopic (exact) mass is 248 g/mol. The van der Waals surface area contributed by atoms with Crippen molar-refractivity contribution in [1.82, 2.24) is 9.78 Å². The quantitative estimate of drug-likeness (QED) is 0.783. The highest BCUT2D eigenvalue weighted by Gasteiger charge is 2.13. The van der Waals surface area contributed by atoms with Crippen molar-refractivity contribution in [2.45, 2.75) is 13.3 Å². The van der Waals surface area contributed by atoms with Crippen molar-refractivity contribution < 1.29 is 4.79 Å². The van der Waals surface area contributed by atoms with Crippen molar-refractivity contribution in [2.24, 2.45) is 7.05 Å². The van der Waals surface area contributed by atoms with Crippen LogP contribution in [0.4, 0.5) is 0 Å². The van der Waals surface area contributed by atoms with Crippen molar-refractivity contribution in [2.75, 3.05) is 0 Å². The van der Waals surface area contributed by atoms with Gasteiger partial charge in [0.2, 0.25) is 0 Å². The summed E-state index contributed by atoms with van der Waals surface area (Å²) < 4.78 is 1.73. The summed E-state index contributed by atoms with van der Waals surface area (Å²) in [6.07, 6.45) is 0.321. The van der Waals surface area contributed by atoms with Crippen LogP contribution in [0, 0.1) is 6.92 Å². The summed E-state index contributed by atoms with van der Waals surface area (Å²) in [6, 6.07) is 9.01. The standard InChI is InChI=1S/C13H13ClN2O/c1-9-7-10(16(2)15-9)8-13(17)11-5-3-4-6-12(11)14/h3-7H,8H2,1-2H3. The Bertz CT molecular complexity index is 560. The summed E-state index contributed by atoms with van der Waals surface area (Å²) in [5.41, 5.74) is 2.37. The van der Waals surface area contributed by atoms with E-state index in [1.54, 1.807) is 16.8 Å². The fourth-order valence-corrected chi connectivity index (χ4v) is 2.02. The van der Waals surface area contributed by atoms with Crippen molar-refractivity contribution in [3.63, 3.8) is 0 Å². The summed E-state index contributed by atoms with van der Waals surface area (Å²) in [5, 5.41) is 4.71. The van der Waals surface area contributed by atoms with Crippen LogP contribution in [0.5, 0.6) is 0 Å².